The molecular formula is C14H19BrN2O2. The smallest absolute Gasteiger partial charge is 0.240 e. The molecule has 0 atom stereocenters. The molecular weight excluding hydrogens is 308 g/mol. The van der Waals surface area contributed by atoms with Crippen LogP contribution in [-0.4, -0.2) is 36.5 Å². The van der Waals surface area contributed by atoms with E-state index in [-0.39, 0.29) is 5.91 Å². The molecule has 2 rings (SSSR count). The van der Waals surface area contributed by atoms with Crippen molar-refractivity contribution in [2.75, 3.05) is 20.2 Å². The zero-order valence-corrected chi connectivity index (χ0v) is 13.1. The highest BCUT2D eigenvalue weighted by Gasteiger charge is 2.37. The van der Waals surface area contributed by atoms with Crippen LogP contribution in [-0.2, 0) is 11.3 Å². The van der Waals surface area contributed by atoms with Crippen LogP contribution in [0.25, 0.3) is 0 Å². The fraction of sp³-hybridized carbons (Fsp3) is 0.500. The first kappa shape index (κ1) is 14.3. The Balaban J connectivity index is 2.25. The molecule has 0 aliphatic carbocycles. The lowest BCUT2D eigenvalue weighted by atomic mass is 9.98. The fourth-order valence-electron chi connectivity index (χ4n) is 2.30. The number of benzene rings is 1. The molecule has 0 saturated carbocycles. The molecule has 1 aromatic carbocycles. The largest absolute Gasteiger partial charge is 0.496 e. The highest BCUT2D eigenvalue weighted by Crippen LogP contribution is 2.27. The number of rotatable bonds is 3. The molecule has 1 aliphatic rings. The van der Waals surface area contributed by atoms with Crippen molar-refractivity contribution in [3.63, 3.8) is 0 Å². The van der Waals surface area contributed by atoms with Crippen LogP contribution >= 0.6 is 15.9 Å². The molecule has 0 aromatic heterocycles. The average Bonchev–Trinajstić information content (AvgIpc) is 2.36. The van der Waals surface area contributed by atoms with Gasteiger partial charge in [0.05, 0.1) is 12.6 Å². The molecule has 0 spiro atoms. The second kappa shape index (κ2) is 5.51. The van der Waals surface area contributed by atoms with Crippen molar-refractivity contribution in [1.29, 1.82) is 0 Å². The Bertz CT molecular complexity index is 488. The molecule has 104 valence electrons. The van der Waals surface area contributed by atoms with E-state index >= 15 is 0 Å². The highest BCUT2D eigenvalue weighted by molar-refractivity contribution is 9.10. The van der Waals surface area contributed by atoms with E-state index < -0.39 is 5.54 Å². The van der Waals surface area contributed by atoms with Crippen molar-refractivity contribution in [3.05, 3.63) is 28.2 Å². The molecule has 1 amide bonds. The average molecular weight is 327 g/mol. The van der Waals surface area contributed by atoms with E-state index in [1.54, 1.807) is 7.11 Å². The molecule has 1 saturated heterocycles. The summed E-state index contributed by atoms with van der Waals surface area (Å²) in [4.78, 5) is 14.1. The summed E-state index contributed by atoms with van der Waals surface area (Å²) >= 11 is 3.48. The van der Waals surface area contributed by atoms with Crippen LogP contribution in [0.2, 0.25) is 0 Å². The first-order valence-corrected chi connectivity index (χ1v) is 7.10. The number of hydrogen-bond donors (Lipinski definition) is 1. The van der Waals surface area contributed by atoms with E-state index in [1.165, 1.54) is 0 Å². The Kier molecular flexibility index (Phi) is 4.16. The lowest BCUT2D eigenvalue weighted by molar-refractivity contribution is -0.135. The number of nitrogens with zero attached hydrogens (tertiary/aromatic N) is 1. The monoisotopic (exact) mass is 326 g/mol. The number of nitrogens with one attached hydrogen (secondary N) is 1. The third-order valence-electron chi connectivity index (χ3n) is 3.62. The van der Waals surface area contributed by atoms with Crippen LogP contribution in [0.3, 0.4) is 0 Å². The second-order valence-electron chi connectivity index (χ2n) is 5.19. The maximum atomic E-state index is 11.9. The van der Waals surface area contributed by atoms with Gasteiger partial charge in [-0.1, -0.05) is 15.9 Å². The number of ether oxygens (including phenoxy) is 1. The molecule has 0 unspecified atom stereocenters. The van der Waals surface area contributed by atoms with Crippen molar-refractivity contribution in [2.24, 2.45) is 0 Å². The van der Waals surface area contributed by atoms with Gasteiger partial charge in [0.1, 0.15) is 5.75 Å². The van der Waals surface area contributed by atoms with Crippen LogP contribution in [0, 0.1) is 0 Å². The first-order chi connectivity index (χ1) is 8.95. The van der Waals surface area contributed by atoms with Gasteiger partial charge in [-0.05, 0) is 32.0 Å². The number of piperazine rings is 1. The van der Waals surface area contributed by atoms with Crippen molar-refractivity contribution < 1.29 is 9.53 Å². The first-order valence-electron chi connectivity index (χ1n) is 6.31. The fourth-order valence-corrected chi connectivity index (χ4v) is 2.71. The van der Waals surface area contributed by atoms with Crippen LogP contribution in [0.1, 0.15) is 19.4 Å². The van der Waals surface area contributed by atoms with E-state index in [1.807, 2.05) is 32.0 Å². The van der Waals surface area contributed by atoms with Gasteiger partial charge in [0.15, 0.2) is 0 Å². The van der Waals surface area contributed by atoms with E-state index in [0.717, 1.165) is 22.3 Å². The van der Waals surface area contributed by atoms with E-state index in [9.17, 15) is 4.79 Å². The molecule has 1 aliphatic heterocycles. The van der Waals surface area contributed by atoms with E-state index in [4.69, 9.17) is 4.74 Å². The van der Waals surface area contributed by atoms with Crippen LogP contribution in [0.5, 0.6) is 5.75 Å². The standard InChI is InChI=1S/C14H19BrN2O2/c1-14(2)13(18)16-6-7-17(14)9-10-8-11(15)4-5-12(10)19-3/h4-5,8H,6-7,9H2,1-3H3,(H,16,18). The zero-order valence-electron chi connectivity index (χ0n) is 11.5. The SMILES string of the molecule is COc1ccc(Br)cc1CN1CCNC(=O)C1(C)C. The Labute approximate surface area is 122 Å². The predicted octanol–water partition coefficient (Wildman–Crippen LogP) is 2.17. The lowest BCUT2D eigenvalue weighted by Gasteiger charge is -2.41. The minimum Gasteiger partial charge on any atom is -0.496 e. The lowest BCUT2D eigenvalue weighted by Crippen LogP contribution is -2.61. The Morgan fingerprint density at radius 2 is 2.21 bits per heavy atom. The Hall–Kier alpha value is -1.07. The summed E-state index contributed by atoms with van der Waals surface area (Å²) in [5, 5.41) is 2.91. The van der Waals surface area contributed by atoms with Gasteiger partial charge in [0.2, 0.25) is 5.91 Å². The van der Waals surface area contributed by atoms with Gasteiger partial charge >= 0.3 is 0 Å². The van der Waals surface area contributed by atoms with Gasteiger partial charge in [-0.25, -0.2) is 0 Å². The number of carbonyl (C=O) groups is 1. The maximum Gasteiger partial charge on any atom is 0.240 e. The third kappa shape index (κ3) is 2.92. The maximum absolute atomic E-state index is 11.9. The zero-order chi connectivity index (χ0) is 14.0. The van der Waals surface area contributed by atoms with Gasteiger partial charge in [0, 0.05) is 29.7 Å². The van der Waals surface area contributed by atoms with Crippen LogP contribution in [0.15, 0.2) is 22.7 Å². The minimum atomic E-state index is -0.494. The normalized spacial score (nSPS) is 19.1. The van der Waals surface area contributed by atoms with Crippen molar-refractivity contribution in [3.8, 4) is 5.75 Å². The summed E-state index contributed by atoms with van der Waals surface area (Å²) in [5.41, 5.74) is 0.589. The number of carbonyl (C=O) groups excluding carboxylic acids is 1. The number of hydrogen-bond acceptors (Lipinski definition) is 3. The third-order valence-corrected chi connectivity index (χ3v) is 4.11. The summed E-state index contributed by atoms with van der Waals surface area (Å²) in [6.45, 7) is 6.13. The van der Waals surface area contributed by atoms with E-state index in [2.05, 4.69) is 26.1 Å². The van der Waals surface area contributed by atoms with Crippen molar-refractivity contribution in [1.82, 2.24) is 10.2 Å². The topological polar surface area (TPSA) is 41.6 Å². The summed E-state index contributed by atoms with van der Waals surface area (Å²) < 4.78 is 6.41. The van der Waals surface area contributed by atoms with E-state index in [0.29, 0.717) is 13.1 Å². The van der Waals surface area contributed by atoms with Crippen LogP contribution < -0.4 is 10.1 Å². The molecule has 1 N–H and O–H groups in total. The molecule has 5 heteroatoms. The summed E-state index contributed by atoms with van der Waals surface area (Å²) in [5.74, 6) is 0.928. The molecule has 0 radical (unpaired) electrons. The van der Waals surface area contributed by atoms with Crippen LogP contribution in [0.4, 0.5) is 0 Å². The molecule has 1 heterocycles. The highest BCUT2D eigenvalue weighted by atomic mass is 79.9. The summed E-state index contributed by atoms with van der Waals surface area (Å²) in [7, 11) is 1.67. The van der Waals surface area contributed by atoms with Gasteiger partial charge in [-0.2, -0.15) is 0 Å². The quantitative estimate of drug-likeness (QED) is 0.925. The van der Waals surface area contributed by atoms with Gasteiger partial charge < -0.3 is 10.1 Å². The molecule has 19 heavy (non-hydrogen) atoms. The number of methoxy groups -OCH3 is 1. The molecule has 0 bridgehead atoms. The second-order valence-corrected chi connectivity index (χ2v) is 6.11. The van der Waals surface area contributed by atoms with Crippen molar-refractivity contribution in [2.45, 2.75) is 25.9 Å². The molecule has 1 fully saturated rings. The Morgan fingerprint density at radius 3 is 2.89 bits per heavy atom. The van der Waals surface area contributed by atoms with Gasteiger partial charge in [0.25, 0.3) is 0 Å². The minimum absolute atomic E-state index is 0.0766. The molecule has 1 aromatic rings. The van der Waals surface area contributed by atoms with Crippen molar-refractivity contribution >= 4 is 21.8 Å². The molecule has 4 nitrogen and oxygen atoms in total. The number of halogens is 1. The van der Waals surface area contributed by atoms with Gasteiger partial charge in [-0.3, -0.25) is 9.69 Å². The summed E-state index contributed by atoms with van der Waals surface area (Å²) in [6, 6.07) is 5.94. The summed E-state index contributed by atoms with van der Waals surface area (Å²) in [6.07, 6.45) is 0. The number of amides is 1. The predicted molar refractivity (Wildman–Crippen MR) is 78.2 cm³/mol. The van der Waals surface area contributed by atoms with Gasteiger partial charge in [-0.15, -0.1) is 0 Å². The Morgan fingerprint density at radius 1 is 1.47 bits per heavy atom.